The topological polar surface area (TPSA) is 49.4 Å². The molecule has 0 heterocycles. The summed E-state index contributed by atoms with van der Waals surface area (Å²) in [6.45, 7) is 4.93. The van der Waals surface area contributed by atoms with Gasteiger partial charge in [0, 0.05) is 35.3 Å². The van der Waals surface area contributed by atoms with Gasteiger partial charge in [-0.05, 0) is 40.8 Å². The molecule has 0 aliphatic rings. The second kappa shape index (κ2) is 14.3. The molecule has 0 unspecified atom stereocenters. The van der Waals surface area contributed by atoms with Gasteiger partial charge in [0.05, 0.1) is 5.75 Å². The quantitative estimate of drug-likeness (QED) is 0.279. The van der Waals surface area contributed by atoms with Crippen LogP contribution in [0.3, 0.4) is 0 Å². The van der Waals surface area contributed by atoms with Crippen LogP contribution in [-0.2, 0) is 28.3 Å². The molecule has 2 amide bonds. The van der Waals surface area contributed by atoms with Crippen molar-refractivity contribution in [2.75, 3.05) is 12.3 Å². The van der Waals surface area contributed by atoms with E-state index in [4.69, 9.17) is 23.2 Å². The predicted octanol–water partition coefficient (Wildman–Crippen LogP) is 6.64. The fraction of sp³-hybridized carbons (Fsp3) is 0.310. The highest BCUT2D eigenvalue weighted by Gasteiger charge is 2.30. The third kappa shape index (κ3) is 8.88. The van der Waals surface area contributed by atoms with Gasteiger partial charge in [-0.2, -0.15) is 0 Å². The number of amides is 2. The van der Waals surface area contributed by atoms with Gasteiger partial charge in [-0.1, -0.05) is 97.7 Å². The highest BCUT2D eigenvalue weighted by molar-refractivity contribution is 7.99. The summed E-state index contributed by atoms with van der Waals surface area (Å²) >= 11 is 14.0. The number of thioether (sulfide) groups is 1. The minimum atomic E-state index is -0.654. The monoisotopic (exact) mass is 542 g/mol. The molecule has 0 aliphatic heterocycles. The van der Waals surface area contributed by atoms with Crippen LogP contribution in [0, 0.1) is 5.92 Å². The molecule has 3 aromatic carbocycles. The van der Waals surface area contributed by atoms with Crippen LogP contribution >= 0.6 is 35.0 Å². The average molecular weight is 544 g/mol. The van der Waals surface area contributed by atoms with Crippen molar-refractivity contribution in [2.45, 2.75) is 38.6 Å². The Morgan fingerprint density at radius 1 is 0.917 bits per heavy atom. The van der Waals surface area contributed by atoms with Crippen molar-refractivity contribution < 1.29 is 9.59 Å². The van der Waals surface area contributed by atoms with Gasteiger partial charge in [0.25, 0.3) is 0 Å². The van der Waals surface area contributed by atoms with Crippen LogP contribution in [0.25, 0.3) is 0 Å². The van der Waals surface area contributed by atoms with Gasteiger partial charge >= 0.3 is 0 Å². The smallest absolute Gasteiger partial charge is 0.243 e. The lowest BCUT2D eigenvalue weighted by Crippen LogP contribution is -2.51. The number of halogens is 2. The molecule has 0 saturated carbocycles. The van der Waals surface area contributed by atoms with Crippen molar-refractivity contribution in [3.63, 3.8) is 0 Å². The number of carbonyl (C=O) groups is 2. The van der Waals surface area contributed by atoms with Crippen molar-refractivity contribution in [1.82, 2.24) is 10.2 Å². The van der Waals surface area contributed by atoms with Gasteiger partial charge in [-0.25, -0.2) is 0 Å². The molecule has 4 nitrogen and oxygen atoms in total. The summed E-state index contributed by atoms with van der Waals surface area (Å²) < 4.78 is 0. The summed E-state index contributed by atoms with van der Waals surface area (Å²) in [6.07, 6.45) is 0.423. The molecule has 36 heavy (non-hydrogen) atoms. The van der Waals surface area contributed by atoms with E-state index in [2.05, 4.69) is 5.32 Å². The zero-order valence-corrected chi connectivity index (χ0v) is 23.0. The summed E-state index contributed by atoms with van der Waals surface area (Å²) in [7, 11) is 0. The van der Waals surface area contributed by atoms with Crippen molar-refractivity contribution in [3.8, 4) is 0 Å². The number of benzene rings is 3. The van der Waals surface area contributed by atoms with E-state index in [1.807, 2.05) is 86.6 Å². The van der Waals surface area contributed by atoms with E-state index in [0.29, 0.717) is 41.2 Å². The van der Waals surface area contributed by atoms with Crippen molar-refractivity contribution in [1.29, 1.82) is 0 Å². The minimum absolute atomic E-state index is 0.104. The average Bonchev–Trinajstić information content (AvgIpc) is 2.86. The molecular weight excluding hydrogens is 511 g/mol. The second-order valence-corrected chi connectivity index (χ2v) is 10.9. The Balaban J connectivity index is 1.85. The van der Waals surface area contributed by atoms with Gasteiger partial charge < -0.3 is 10.2 Å². The summed E-state index contributed by atoms with van der Waals surface area (Å²) in [4.78, 5) is 28.8. The second-order valence-electron chi connectivity index (χ2n) is 9.08. The molecule has 1 N–H and O–H groups in total. The molecule has 190 valence electrons. The zero-order valence-electron chi connectivity index (χ0n) is 20.6. The van der Waals surface area contributed by atoms with Gasteiger partial charge in [-0.3, -0.25) is 9.59 Å². The van der Waals surface area contributed by atoms with Crippen molar-refractivity contribution >= 4 is 46.8 Å². The standard InChI is InChI=1S/C29H32Cl2N2O2S/c1-21(2)17-32-29(35)27(16-22-9-4-3-5-10-22)33(18-23-11-8-13-25(30)15-23)28(34)20-36-19-24-12-6-7-14-26(24)31/h3-15,21,27H,16-20H2,1-2H3,(H,32,35)/t27-/m1/s1. The molecule has 7 heteroatoms. The lowest BCUT2D eigenvalue weighted by molar-refractivity contribution is -0.139. The summed E-state index contributed by atoms with van der Waals surface area (Å²) in [5.74, 6) is 0.884. The number of hydrogen-bond acceptors (Lipinski definition) is 3. The third-order valence-electron chi connectivity index (χ3n) is 5.64. The first-order valence-electron chi connectivity index (χ1n) is 12.0. The van der Waals surface area contributed by atoms with E-state index in [0.717, 1.165) is 16.7 Å². The molecule has 0 bridgehead atoms. The Bertz CT molecular complexity index is 1140. The number of nitrogens with one attached hydrogen (secondary N) is 1. The number of nitrogens with zero attached hydrogens (tertiary/aromatic N) is 1. The summed E-state index contributed by atoms with van der Waals surface area (Å²) in [6, 6.07) is 24.2. The summed E-state index contributed by atoms with van der Waals surface area (Å²) in [5.41, 5.74) is 2.85. The Morgan fingerprint density at radius 3 is 2.31 bits per heavy atom. The fourth-order valence-electron chi connectivity index (χ4n) is 3.76. The van der Waals surface area contributed by atoms with Gasteiger partial charge in [0.1, 0.15) is 6.04 Å². The van der Waals surface area contributed by atoms with Crippen LogP contribution in [0.5, 0.6) is 0 Å². The highest BCUT2D eigenvalue weighted by atomic mass is 35.5. The van der Waals surface area contributed by atoms with Crippen molar-refractivity contribution in [2.24, 2.45) is 5.92 Å². The first-order chi connectivity index (χ1) is 17.3. The third-order valence-corrected chi connectivity index (χ3v) is 7.21. The molecule has 0 fully saturated rings. The molecule has 0 aliphatic carbocycles. The SMILES string of the molecule is CC(C)CNC(=O)[C@@H](Cc1ccccc1)N(Cc1cccc(Cl)c1)C(=O)CSCc1ccccc1Cl. The fourth-order valence-corrected chi connectivity index (χ4v) is 5.16. The molecule has 1 atom stereocenters. The largest absolute Gasteiger partial charge is 0.354 e. The highest BCUT2D eigenvalue weighted by Crippen LogP contribution is 2.23. The Morgan fingerprint density at radius 2 is 1.61 bits per heavy atom. The lowest BCUT2D eigenvalue weighted by atomic mass is 10.0. The van der Waals surface area contributed by atoms with Crippen LogP contribution in [0.15, 0.2) is 78.9 Å². The van der Waals surface area contributed by atoms with Crippen LogP contribution in [0.1, 0.15) is 30.5 Å². The van der Waals surface area contributed by atoms with Gasteiger partial charge in [0.15, 0.2) is 0 Å². The molecule has 0 saturated heterocycles. The van der Waals surface area contributed by atoms with E-state index in [1.54, 1.807) is 11.0 Å². The maximum Gasteiger partial charge on any atom is 0.243 e. The van der Waals surface area contributed by atoms with E-state index in [1.165, 1.54) is 11.8 Å². The molecule has 3 rings (SSSR count). The number of rotatable bonds is 12. The van der Waals surface area contributed by atoms with Crippen LogP contribution in [0.2, 0.25) is 10.0 Å². The first-order valence-corrected chi connectivity index (χ1v) is 13.9. The first kappa shape index (κ1) is 28.1. The van der Waals surface area contributed by atoms with Gasteiger partial charge in [-0.15, -0.1) is 11.8 Å². The van der Waals surface area contributed by atoms with Crippen molar-refractivity contribution in [3.05, 3.63) is 106 Å². The number of carbonyl (C=O) groups excluding carboxylic acids is 2. The van der Waals surface area contributed by atoms with E-state index >= 15 is 0 Å². The maximum atomic E-state index is 13.6. The Hall–Kier alpha value is -2.47. The molecule has 0 radical (unpaired) electrons. The molecular formula is C29H32Cl2N2O2S. The van der Waals surface area contributed by atoms with Crippen LogP contribution in [-0.4, -0.2) is 35.1 Å². The minimum Gasteiger partial charge on any atom is -0.354 e. The van der Waals surface area contributed by atoms with E-state index in [-0.39, 0.29) is 17.6 Å². The molecule has 0 aromatic heterocycles. The number of hydrogen-bond donors (Lipinski definition) is 1. The Labute approximate surface area is 228 Å². The molecule has 0 spiro atoms. The van der Waals surface area contributed by atoms with E-state index < -0.39 is 6.04 Å². The maximum absolute atomic E-state index is 13.6. The van der Waals surface area contributed by atoms with Gasteiger partial charge in [0.2, 0.25) is 11.8 Å². The lowest BCUT2D eigenvalue weighted by Gasteiger charge is -2.32. The van der Waals surface area contributed by atoms with Crippen LogP contribution in [0.4, 0.5) is 0 Å². The zero-order chi connectivity index (χ0) is 25.9. The predicted molar refractivity (Wildman–Crippen MR) is 151 cm³/mol. The van der Waals surface area contributed by atoms with E-state index in [9.17, 15) is 9.59 Å². The molecule has 3 aromatic rings. The normalized spacial score (nSPS) is 11.8. The van der Waals surface area contributed by atoms with Crippen LogP contribution < -0.4 is 5.32 Å². The summed E-state index contributed by atoms with van der Waals surface area (Å²) in [5, 5.41) is 4.32. The Kier molecular flexibility index (Phi) is 11.2.